The van der Waals surface area contributed by atoms with Gasteiger partial charge in [0.1, 0.15) is 11.8 Å². The van der Waals surface area contributed by atoms with Gasteiger partial charge in [0.15, 0.2) is 0 Å². The third-order valence-corrected chi connectivity index (χ3v) is 6.22. The smallest absolute Gasteiger partial charge is 0.253 e. The van der Waals surface area contributed by atoms with Crippen LogP contribution < -0.4 is 10.6 Å². The van der Waals surface area contributed by atoms with E-state index < -0.39 is 6.04 Å². The zero-order chi connectivity index (χ0) is 23.9. The van der Waals surface area contributed by atoms with Crippen LogP contribution in [0.15, 0.2) is 77.4 Å². The lowest BCUT2D eigenvalue weighted by atomic mass is 9.88. The van der Waals surface area contributed by atoms with E-state index in [-0.39, 0.29) is 30.2 Å². The standard InChI is InChI=1S/C27H29N3O4/c1-19-9-11-21(12-10-19)25(31)29-24(26(32)28-18-23-8-5-17-34-23)20-13-15-30(16-14-20)27(33)22-6-3-2-4-7-22/h2-12,17,20,24H,13-16,18H2,1H3,(H,28,32)(H,29,31)/t24-/m0/s1. The molecule has 0 radical (unpaired) electrons. The van der Waals surface area contributed by atoms with Crippen molar-refractivity contribution in [1.82, 2.24) is 15.5 Å². The summed E-state index contributed by atoms with van der Waals surface area (Å²) in [6.45, 7) is 3.26. The first-order valence-electron chi connectivity index (χ1n) is 11.5. The predicted molar refractivity (Wildman–Crippen MR) is 128 cm³/mol. The maximum absolute atomic E-state index is 13.1. The quantitative estimate of drug-likeness (QED) is 0.565. The maximum atomic E-state index is 13.1. The van der Waals surface area contributed by atoms with Gasteiger partial charge in [-0.2, -0.15) is 0 Å². The normalized spacial score (nSPS) is 14.9. The second-order valence-corrected chi connectivity index (χ2v) is 8.61. The van der Waals surface area contributed by atoms with Gasteiger partial charge in [0.05, 0.1) is 12.8 Å². The first-order chi connectivity index (χ1) is 16.5. The summed E-state index contributed by atoms with van der Waals surface area (Å²) in [5.74, 6) is -0.0155. The monoisotopic (exact) mass is 459 g/mol. The fourth-order valence-corrected chi connectivity index (χ4v) is 4.22. The zero-order valence-corrected chi connectivity index (χ0v) is 19.2. The molecule has 1 aliphatic heterocycles. The Bertz CT molecular complexity index is 1100. The average Bonchev–Trinajstić information content (AvgIpc) is 3.40. The molecule has 7 heteroatoms. The highest BCUT2D eigenvalue weighted by Gasteiger charge is 2.34. The molecule has 1 saturated heterocycles. The van der Waals surface area contributed by atoms with Crippen molar-refractivity contribution in [2.24, 2.45) is 5.92 Å². The van der Waals surface area contributed by atoms with Gasteiger partial charge >= 0.3 is 0 Å². The third kappa shape index (κ3) is 5.73. The molecule has 1 aromatic heterocycles. The number of piperidine rings is 1. The van der Waals surface area contributed by atoms with Gasteiger partial charge in [-0.15, -0.1) is 0 Å². The zero-order valence-electron chi connectivity index (χ0n) is 19.2. The number of carbonyl (C=O) groups excluding carboxylic acids is 3. The predicted octanol–water partition coefficient (Wildman–Crippen LogP) is 3.56. The van der Waals surface area contributed by atoms with Gasteiger partial charge < -0.3 is 20.0 Å². The second-order valence-electron chi connectivity index (χ2n) is 8.61. The number of hydrogen-bond donors (Lipinski definition) is 2. The number of likely N-dealkylation sites (tertiary alicyclic amines) is 1. The van der Waals surface area contributed by atoms with Gasteiger partial charge in [-0.1, -0.05) is 35.9 Å². The van der Waals surface area contributed by atoms with Crippen molar-refractivity contribution < 1.29 is 18.8 Å². The van der Waals surface area contributed by atoms with Crippen LogP contribution in [-0.4, -0.2) is 41.8 Å². The number of nitrogens with one attached hydrogen (secondary N) is 2. The Morgan fingerprint density at radius 1 is 0.941 bits per heavy atom. The topological polar surface area (TPSA) is 91.7 Å². The Balaban J connectivity index is 1.43. The van der Waals surface area contributed by atoms with Crippen molar-refractivity contribution in [3.63, 3.8) is 0 Å². The molecule has 2 aromatic carbocycles. The van der Waals surface area contributed by atoms with Crippen molar-refractivity contribution >= 4 is 17.7 Å². The van der Waals surface area contributed by atoms with E-state index in [1.165, 1.54) is 0 Å². The number of carbonyl (C=O) groups is 3. The molecule has 176 valence electrons. The third-order valence-electron chi connectivity index (χ3n) is 6.22. The second kappa shape index (κ2) is 10.8. The van der Waals surface area contributed by atoms with E-state index in [0.717, 1.165) is 5.56 Å². The fourth-order valence-electron chi connectivity index (χ4n) is 4.22. The van der Waals surface area contributed by atoms with Gasteiger partial charge in [-0.3, -0.25) is 14.4 Å². The van der Waals surface area contributed by atoms with Crippen LogP contribution in [0.25, 0.3) is 0 Å². The first-order valence-corrected chi connectivity index (χ1v) is 11.5. The van der Waals surface area contributed by atoms with Crippen molar-refractivity contribution in [1.29, 1.82) is 0 Å². The van der Waals surface area contributed by atoms with E-state index in [0.29, 0.717) is 42.8 Å². The fraction of sp³-hybridized carbons (Fsp3) is 0.296. The number of rotatable bonds is 7. The van der Waals surface area contributed by atoms with E-state index in [4.69, 9.17) is 4.42 Å². The van der Waals surface area contributed by atoms with Crippen molar-refractivity contribution in [3.05, 3.63) is 95.4 Å². The molecule has 2 N–H and O–H groups in total. The summed E-state index contributed by atoms with van der Waals surface area (Å²) < 4.78 is 5.31. The lowest BCUT2D eigenvalue weighted by Gasteiger charge is -2.35. The molecule has 4 rings (SSSR count). The highest BCUT2D eigenvalue weighted by molar-refractivity contribution is 5.97. The van der Waals surface area contributed by atoms with Crippen LogP contribution in [0, 0.1) is 12.8 Å². The summed E-state index contributed by atoms with van der Waals surface area (Å²) in [7, 11) is 0. The van der Waals surface area contributed by atoms with E-state index in [9.17, 15) is 14.4 Å². The number of aryl methyl sites for hydroxylation is 1. The van der Waals surface area contributed by atoms with E-state index in [1.54, 1.807) is 42.7 Å². The molecule has 34 heavy (non-hydrogen) atoms. The number of amides is 3. The summed E-state index contributed by atoms with van der Waals surface area (Å²) >= 11 is 0. The molecule has 0 bridgehead atoms. The van der Waals surface area contributed by atoms with Crippen LogP contribution in [0.3, 0.4) is 0 Å². The van der Waals surface area contributed by atoms with Crippen LogP contribution in [0.5, 0.6) is 0 Å². The van der Waals surface area contributed by atoms with Crippen LogP contribution in [0.2, 0.25) is 0 Å². The van der Waals surface area contributed by atoms with Crippen molar-refractivity contribution in [2.75, 3.05) is 13.1 Å². The molecule has 3 aromatic rings. The Morgan fingerprint density at radius 3 is 2.29 bits per heavy atom. The molecule has 0 unspecified atom stereocenters. The molecular formula is C27H29N3O4. The van der Waals surface area contributed by atoms with E-state index in [1.807, 2.05) is 42.2 Å². The maximum Gasteiger partial charge on any atom is 0.253 e. The minimum atomic E-state index is -0.710. The Hall–Kier alpha value is -3.87. The molecule has 0 aliphatic carbocycles. The average molecular weight is 460 g/mol. The van der Waals surface area contributed by atoms with E-state index >= 15 is 0 Å². The van der Waals surface area contributed by atoms with Crippen LogP contribution in [0.4, 0.5) is 0 Å². The van der Waals surface area contributed by atoms with Gasteiger partial charge in [-0.25, -0.2) is 0 Å². The molecule has 1 atom stereocenters. The van der Waals surface area contributed by atoms with Crippen LogP contribution >= 0.6 is 0 Å². The van der Waals surface area contributed by atoms with Crippen molar-refractivity contribution in [3.8, 4) is 0 Å². The minimum absolute atomic E-state index is 0.0124. The Kier molecular flexibility index (Phi) is 7.42. The van der Waals surface area contributed by atoms with Gasteiger partial charge in [0.2, 0.25) is 5.91 Å². The molecule has 3 amide bonds. The molecular weight excluding hydrogens is 430 g/mol. The van der Waals surface area contributed by atoms with Gasteiger partial charge in [0.25, 0.3) is 11.8 Å². The lowest BCUT2D eigenvalue weighted by molar-refractivity contribution is -0.124. The molecule has 0 saturated carbocycles. The van der Waals surface area contributed by atoms with Gasteiger partial charge in [0, 0.05) is 24.2 Å². The van der Waals surface area contributed by atoms with Gasteiger partial charge in [-0.05, 0) is 62.1 Å². The Labute approximate surface area is 199 Å². The molecule has 7 nitrogen and oxygen atoms in total. The Morgan fingerprint density at radius 2 is 1.65 bits per heavy atom. The number of furan rings is 1. The number of benzene rings is 2. The molecule has 0 spiro atoms. The summed E-state index contributed by atoms with van der Waals surface area (Å²) in [4.78, 5) is 40.7. The summed E-state index contributed by atoms with van der Waals surface area (Å²) in [6.07, 6.45) is 2.79. The molecule has 1 fully saturated rings. The van der Waals surface area contributed by atoms with Crippen molar-refractivity contribution in [2.45, 2.75) is 32.4 Å². The first kappa shape index (κ1) is 23.3. The molecule has 2 heterocycles. The summed E-state index contributed by atoms with van der Waals surface area (Å²) in [5.41, 5.74) is 2.22. The van der Waals surface area contributed by atoms with Crippen LogP contribution in [0.1, 0.15) is 44.9 Å². The van der Waals surface area contributed by atoms with Crippen LogP contribution in [-0.2, 0) is 11.3 Å². The highest BCUT2D eigenvalue weighted by Crippen LogP contribution is 2.23. The lowest BCUT2D eigenvalue weighted by Crippen LogP contribution is -2.53. The highest BCUT2D eigenvalue weighted by atomic mass is 16.3. The molecule has 1 aliphatic rings. The SMILES string of the molecule is Cc1ccc(C(=O)N[C@H](C(=O)NCc2ccco2)C2CCN(C(=O)c3ccccc3)CC2)cc1. The minimum Gasteiger partial charge on any atom is -0.467 e. The van der Waals surface area contributed by atoms with E-state index in [2.05, 4.69) is 10.6 Å². The number of nitrogens with zero attached hydrogens (tertiary/aromatic N) is 1. The summed E-state index contributed by atoms with van der Waals surface area (Å²) in [6, 6.07) is 19.3. The largest absolute Gasteiger partial charge is 0.467 e. The number of hydrogen-bond acceptors (Lipinski definition) is 4. The summed E-state index contributed by atoms with van der Waals surface area (Å²) in [5, 5.41) is 5.82.